The number of nitrogens with zero attached hydrogens (tertiary/aromatic N) is 4. The summed E-state index contributed by atoms with van der Waals surface area (Å²) in [4.78, 5) is 11.8. The van der Waals surface area contributed by atoms with Gasteiger partial charge in [0.2, 0.25) is 0 Å². The molecule has 2 rings (SSSR count). The van der Waals surface area contributed by atoms with Gasteiger partial charge in [-0.05, 0) is 24.2 Å². The highest BCUT2D eigenvalue weighted by Gasteiger charge is 2.12. The fraction of sp³-hybridized carbons (Fsp3) is 0.538. The van der Waals surface area contributed by atoms with E-state index in [9.17, 15) is 4.79 Å². The highest BCUT2D eigenvalue weighted by Crippen LogP contribution is 2.13. The summed E-state index contributed by atoms with van der Waals surface area (Å²) < 4.78 is 8.84. The topological polar surface area (TPSA) is 77.7 Å². The van der Waals surface area contributed by atoms with Gasteiger partial charge in [-0.15, -0.1) is 0 Å². The Balaban J connectivity index is 2.43. The standard InChI is InChI=1S/C13H19N5O2S/c1-9(2)8-18-11(19)5-4-10(16-18)12-14-15-13(21)17(12)6-7-20-3/h4-5,9H,6-8H2,1-3H3,(H,15,21). The molecule has 2 aromatic rings. The number of aromatic amines is 1. The summed E-state index contributed by atoms with van der Waals surface area (Å²) >= 11 is 5.21. The zero-order chi connectivity index (χ0) is 15.4. The Kier molecular flexibility index (Phi) is 5.03. The second-order valence-corrected chi connectivity index (χ2v) is 5.52. The first-order valence-electron chi connectivity index (χ1n) is 6.75. The summed E-state index contributed by atoms with van der Waals surface area (Å²) in [5.74, 6) is 0.939. The normalized spacial score (nSPS) is 11.2. The van der Waals surface area contributed by atoms with Crippen LogP contribution in [0, 0.1) is 10.7 Å². The molecule has 2 aromatic heterocycles. The minimum Gasteiger partial charge on any atom is -0.383 e. The molecule has 114 valence electrons. The number of methoxy groups -OCH3 is 1. The van der Waals surface area contributed by atoms with E-state index >= 15 is 0 Å². The lowest BCUT2D eigenvalue weighted by atomic mass is 10.2. The van der Waals surface area contributed by atoms with Crippen LogP contribution in [0.15, 0.2) is 16.9 Å². The van der Waals surface area contributed by atoms with E-state index in [0.717, 1.165) is 0 Å². The Labute approximate surface area is 127 Å². The maximum atomic E-state index is 11.8. The molecule has 0 radical (unpaired) electrons. The van der Waals surface area contributed by atoms with E-state index in [0.29, 0.717) is 41.9 Å². The molecule has 0 atom stereocenters. The lowest BCUT2D eigenvalue weighted by Crippen LogP contribution is -2.25. The van der Waals surface area contributed by atoms with Crippen LogP contribution in [0.4, 0.5) is 0 Å². The Morgan fingerprint density at radius 1 is 1.43 bits per heavy atom. The van der Waals surface area contributed by atoms with E-state index in [1.807, 2.05) is 18.4 Å². The number of aromatic nitrogens is 5. The van der Waals surface area contributed by atoms with Crippen molar-refractivity contribution in [1.82, 2.24) is 24.5 Å². The number of ether oxygens (including phenoxy) is 1. The summed E-state index contributed by atoms with van der Waals surface area (Å²) in [6, 6.07) is 3.16. The molecule has 7 nitrogen and oxygen atoms in total. The van der Waals surface area contributed by atoms with Gasteiger partial charge >= 0.3 is 0 Å². The Morgan fingerprint density at radius 3 is 2.86 bits per heavy atom. The van der Waals surface area contributed by atoms with Crippen molar-refractivity contribution in [2.75, 3.05) is 13.7 Å². The van der Waals surface area contributed by atoms with Gasteiger partial charge in [-0.2, -0.15) is 10.2 Å². The van der Waals surface area contributed by atoms with E-state index in [-0.39, 0.29) is 5.56 Å². The fourth-order valence-electron chi connectivity index (χ4n) is 1.95. The second-order valence-electron chi connectivity index (χ2n) is 5.13. The Bertz CT molecular complexity index is 716. The van der Waals surface area contributed by atoms with Crippen LogP contribution in [-0.2, 0) is 17.8 Å². The van der Waals surface area contributed by atoms with Gasteiger partial charge in [0.25, 0.3) is 5.56 Å². The molecule has 0 fully saturated rings. The molecule has 0 aliphatic heterocycles. The average molecular weight is 309 g/mol. The third-order valence-electron chi connectivity index (χ3n) is 2.91. The molecule has 0 aromatic carbocycles. The zero-order valence-corrected chi connectivity index (χ0v) is 13.2. The molecular weight excluding hydrogens is 290 g/mol. The molecular formula is C13H19N5O2S. The first-order chi connectivity index (χ1) is 10.0. The SMILES string of the molecule is COCCn1c(-c2ccc(=O)n(CC(C)C)n2)n[nH]c1=S. The maximum Gasteiger partial charge on any atom is 0.266 e. The summed E-state index contributed by atoms with van der Waals surface area (Å²) in [5.41, 5.74) is 0.490. The highest BCUT2D eigenvalue weighted by molar-refractivity contribution is 7.71. The van der Waals surface area contributed by atoms with Gasteiger partial charge in [-0.25, -0.2) is 4.68 Å². The minimum absolute atomic E-state index is 0.120. The van der Waals surface area contributed by atoms with Crippen molar-refractivity contribution in [1.29, 1.82) is 0 Å². The van der Waals surface area contributed by atoms with E-state index in [4.69, 9.17) is 17.0 Å². The molecule has 0 saturated carbocycles. The van der Waals surface area contributed by atoms with Crippen molar-refractivity contribution in [3.8, 4) is 11.5 Å². The third-order valence-corrected chi connectivity index (χ3v) is 3.22. The van der Waals surface area contributed by atoms with Crippen LogP contribution in [0.3, 0.4) is 0 Å². The van der Waals surface area contributed by atoms with Gasteiger partial charge in [0.15, 0.2) is 10.6 Å². The summed E-state index contributed by atoms with van der Waals surface area (Å²) in [6.07, 6.45) is 0. The summed E-state index contributed by atoms with van der Waals surface area (Å²) in [7, 11) is 1.63. The third kappa shape index (κ3) is 3.64. The summed E-state index contributed by atoms with van der Waals surface area (Å²) in [6.45, 7) is 5.74. The van der Waals surface area contributed by atoms with Crippen LogP contribution in [0.5, 0.6) is 0 Å². The van der Waals surface area contributed by atoms with Crippen LogP contribution >= 0.6 is 12.2 Å². The molecule has 0 amide bonds. The predicted molar refractivity (Wildman–Crippen MR) is 81.6 cm³/mol. The van der Waals surface area contributed by atoms with Crippen LogP contribution in [0.25, 0.3) is 11.5 Å². The van der Waals surface area contributed by atoms with Crippen molar-refractivity contribution >= 4 is 12.2 Å². The molecule has 8 heteroatoms. The zero-order valence-electron chi connectivity index (χ0n) is 12.4. The first-order valence-corrected chi connectivity index (χ1v) is 7.16. The number of H-pyrrole nitrogens is 1. The van der Waals surface area contributed by atoms with Crippen molar-refractivity contribution in [2.24, 2.45) is 5.92 Å². The number of hydrogen-bond acceptors (Lipinski definition) is 5. The fourth-order valence-corrected chi connectivity index (χ4v) is 2.17. The molecule has 0 unspecified atom stereocenters. The smallest absolute Gasteiger partial charge is 0.266 e. The molecule has 0 bridgehead atoms. The van der Waals surface area contributed by atoms with Gasteiger partial charge in [-0.3, -0.25) is 14.5 Å². The van der Waals surface area contributed by atoms with Crippen molar-refractivity contribution in [3.63, 3.8) is 0 Å². The summed E-state index contributed by atoms with van der Waals surface area (Å²) in [5, 5.41) is 11.3. The first kappa shape index (κ1) is 15.6. The Hall–Kier alpha value is -1.80. The van der Waals surface area contributed by atoms with Gasteiger partial charge in [0.1, 0.15) is 5.69 Å². The van der Waals surface area contributed by atoms with Crippen LogP contribution in [-0.4, -0.2) is 38.3 Å². The van der Waals surface area contributed by atoms with Crippen molar-refractivity contribution in [3.05, 3.63) is 27.3 Å². The Morgan fingerprint density at radius 2 is 2.19 bits per heavy atom. The lowest BCUT2D eigenvalue weighted by Gasteiger charge is -2.10. The van der Waals surface area contributed by atoms with E-state index in [2.05, 4.69) is 15.3 Å². The van der Waals surface area contributed by atoms with Crippen LogP contribution in [0.2, 0.25) is 0 Å². The molecule has 0 aliphatic rings. The van der Waals surface area contributed by atoms with Crippen molar-refractivity contribution in [2.45, 2.75) is 26.9 Å². The molecule has 0 aliphatic carbocycles. The largest absolute Gasteiger partial charge is 0.383 e. The molecule has 21 heavy (non-hydrogen) atoms. The second kappa shape index (κ2) is 6.77. The quantitative estimate of drug-likeness (QED) is 0.818. The van der Waals surface area contributed by atoms with Gasteiger partial charge < -0.3 is 4.74 Å². The average Bonchev–Trinajstić information content (AvgIpc) is 2.80. The molecule has 2 heterocycles. The lowest BCUT2D eigenvalue weighted by molar-refractivity contribution is 0.187. The van der Waals surface area contributed by atoms with E-state index in [1.54, 1.807) is 13.2 Å². The minimum atomic E-state index is -0.120. The predicted octanol–water partition coefficient (Wildman–Crippen LogP) is 1.47. The van der Waals surface area contributed by atoms with Crippen molar-refractivity contribution < 1.29 is 4.74 Å². The van der Waals surface area contributed by atoms with E-state index < -0.39 is 0 Å². The number of hydrogen-bond donors (Lipinski definition) is 1. The number of rotatable bonds is 6. The molecule has 1 N–H and O–H groups in total. The van der Waals surface area contributed by atoms with Gasteiger partial charge in [0.05, 0.1) is 13.2 Å². The van der Waals surface area contributed by atoms with Gasteiger partial charge in [0, 0.05) is 19.7 Å². The molecule has 0 saturated heterocycles. The van der Waals surface area contributed by atoms with Crippen LogP contribution < -0.4 is 5.56 Å². The van der Waals surface area contributed by atoms with Crippen LogP contribution in [0.1, 0.15) is 13.8 Å². The maximum absolute atomic E-state index is 11.8. The van der Waals surface area contributed by atoms with Gasteiger partial charge in [-0.1, -0.05) is 13.8 Å². The monoisotopic (exact) mass is 309 g/mol. The van der Waals surface area contributed by atoms with E-state index in [1.165, 1.54) is 10.7 Å². The highest BCUT2D eigenvalue weighted by atomic mass is 32.1. The molecule has 0 spiro atoms. The number of nitrogens with one attached hydrogen (secondary N) is 1.